The molecule has 0 aromatic heterocycles. The van der Waals surface area contributed by atoms with Crippen LogP contribution < -0.4 is 9.92 Å². The first-order valence-corrected chi connectivity index (χ1v) is 9.85. The summed E-state index contributed by atoms with van der Waals surface area (Å²) in [5.74, 6) is 1.08. The van der Waals surface area contributed by atoms with Crippen LogP contribution in [0.4, 0.5) is 0 Å². The van der Waals surface area contributed by atoms with Crippen LogP contribution in [0.1, 0.15) is 19.4 Å². The first-order valence-electron chi connectivity index (χ1n) is 6.85. The van der Waals surface area contributed by atoms with E-state index in [1.54, 1.807) is 7.11 Å². The number of hydrogen-bond acceptors (Lipinski definition) is 1. The Hall–Kier alpha value is -1.28. The molecule has 0 radical (unpaired) electrons. The van der Waals surface area contributed by atoms with Gasteiger partial charge < -0.3 is 4.74 Å². The normalized spacial score (nSPS) is 22.5. The van der Waals surface area contributed by atoms with Crippen LogP contribution in [0.15, 0.2) is 42.0 Å². The third-order valence-corrected chi connectivity index (χ3v) is 9.88. The fraction of sp³-hybridized carbons (Fsp3) is 0.412. The topological polar surface area (TPSA) is 9.23 Å². The van der Waals surface area contributed by atoms with Crippen LogP contribution in [0.5, 0.6) is 5.75 Å². The number of para-hydroxylation sites is 1. The molecule has 1 aromatic carbocycles. The van der Waals surface area contributed by atoms with Gasteiger partial charge in [0, 0.05) is 5.04 Å². The van der Waals surface area contributed by atoms with Crippen molar-refractivity contribution in [1.29, 1.82) is 0 Å². The van der Waals surface area contributed by atoms with Crippen LogP contribution in [0.25, 0.3) is 0 Å². The van der Waals surface area contributed by atoms with Crippen molar-refractivity contribution in [3.8, 4) is 5.75 Å². The number of allylic oxidation sites excluding steroid dienone is 4. The smallest absolute Gasteiger partial charge is 0.121 e. The molecule has 1 aliphatic rings. The molecular formula is C17H24OSi. The summed E-state index contributed by atoms with van der Waals surface area (Å²) in [5, 5.41) is 1.59. The zero-order valence-corrected chi connectivity index (χ0v) is 13.9. The van der Waals surface area contributed by atoms with Crippen molar-refractivity contribution in [3.63, 3.8) is 0 Å². The van der Waals surface area contributed by atoms with Crippen molar-refractivity contribution in [2.24, 2.45) is 0 Å². The van der Waals surface area contributed by atoms with Crippen LogP contribution in [0, 0.1) is 6.92 Å². The van der Waals surface area contributed by atoms with Gasteiger partial charge in [-0.25, -0.2) is 0 Å². The standard InChI is InChI=1S/C17H24OSi/c1-13-9-7-11-15(16(13)18-4)19(5,6)17(3)12-8-10-14(17)2/h7-12H,1-6H3. The predicted octanol–water partition coefficient (Wildman–Crippen LogP) is 4.20. The van der Waals surface area contributed by atoms with E-state index in [4.69, 9.17) is 4.74 Å². The molecule has 102 valence electrons. The second kappa shape index (κ2) is 4.68. The fourth-order valence-corrected chi connectivity index (χ4v) is 6.61. The van der Waals surface area contributed by atoms with Gasteiger partial charge in [0.25, 0.3) is 0 Å². The molecule has 0 aliphatic heterocycles. The van der Waals surface area contributed by atoms with Gasteiger partial charge in [-0.15, -0.1) is 0 Å². The molecule has 0 heterocycles. The molecular weight excluding hydrogens is 248 g/mol. The van der Waals surface area contributed by atoms with Gasteiger partial charge in [0.15, 0.2) is 0 Å². The molecule has 1 atom stereocenters. The second-order valence-corrected chi connectivity index (χ2v) is 11.0. The summed E-state index contributed by atoms with van der Waals surface area (Å²) in [6.07, 6.45) is 6.82. The molecule has 1 aromatic rings. The highest BCUT2D eigenvalue weighted by atomic mass is 28.3. The number of aryl methyl sites for hydroxylation is 1. The van der Waals surface area contributed by atoms with E-state index in [2.05, 4.69) is 70.3 Å². The van der Waals surface area contributed by atoms with Gasteiger partial charge in [-0.3, -0.25) is 0 Å². The van der Waals surface area contributed by atoms with Crippen LogP contribution in [-0.4, -0.2) is 15.2 Å². The van der Waals surface area contributed by atoms with Crippen molar-refractivity contribution >= 4 is 13.3 Å². The van der Waals surface area contributed by atoms with E-state index in [0.29, 0.717) is 0 Å². The van der Waals surface area contributed by atoms with Crippen LogP contribution >= 0.6 is 0 Å². The van der Waals surface area contributed by atoms with Gasteiger partial charge in [-0.2, -0.15) is 0 Å². The minimum absolute atomic E-state index is 0.175. The SMILES string of the molecule is COc1c(C)cccc1[Si](C)(C)C1(C)C=CC=C1C. The van der Waals surface area contributed by atoms with E-state index in [-0.39, 0.29) is 5.04 Å². The van der Waals surface area contributed by atoms with Crippen molar-refractivity contribution in [2.45, 2.75) is 38.9 Å². The van der Waals surface area contributed by atoms with Crippen molar-refractivity contribution in [2.75, 3.05) is 7.11 Å². The largest absolute Gasteiger partial charge is 0.497 e. The van der Waals surface area contributed by atoms with Crippen molar-refractivity contribution < 1.29 is 4.74 Å². The lowest BCUT2D eigenvalue weighted by atomic mass is 10.1. The van der Waals surface area contributed by atoms with E-state index in [1.165, 1.54) is 16.3 Å². The monoisotopic (exact) mass is 272 g/mol. The van der Waals surface area contributed by atoms with Gasteiger partial charge >= 0.3 is 0 Å². The number of hydrogen-bond donors (Lipinski definition) is 0. The quantitative estimate of drug-likeness (QED) is 0.750. The van der Waals surface area contributed by atoms with Crippen molar-refractivity contribution in [1.82, 2.24) is 0 Å². The molecule has 0 fully saturated rings. The molecule has 0 spiro atoms. The average Bonchev–Trinajstić information content (AvgIpc) is 2.71. The van der Waals surface area contributed by atoms with E-state index < -0.39 is 8.07 Å². The molecule has 2 heteroatoms. The van der Waals surface area contributed by atoms with E-state index in [1.807, 2.05) is 0 Å². The Morgan fingerprint density at radius 3 is 2.37 bits per heavy atom. The third-order valence-electron chi connectivity index (χ3n) is 4.98. The lowest BCUT2D eigenvalue weighted by Crippen LogP contribution is -2.51. The number of ether oxygens (including phenoxy) is 1. The summed E-state index contributed by atoms with van der Waals surface area (Å²) < 4.78 is 5.69. The van der Waals surface area contributed by atoms with Crippen molar-refractivity contribution in [3.05, 3.63) is 47.6 Å². The first-order chi connectivity index (χ1) is 8.84. The lowest BCUT2D eigenvalue weighted by molar-refractivity contribution is 0.414. The van der Waals surface area contributed by atoms with Crippen LogP contribution in [-0.2, 0) is 0 Å². The molecule has 0 saturated carbocycles. The summed E-state index contributed by atoms with van der Waals surface area (Å²) in [4.78, 5) is 0. The molecule has 0 N–H and O–H groups in total. The Balaban J connectivity index is 2.61. The molecule has 2 rings (SSSR count). The molecule has 1 unspecified atom stereocenters. The predicted molar refractivity (Wildman–Crippen MR) is 86.1 cm³/mol. The highest BCUT2D eigenvalue weighted by Gasteiger charge is 2.46. The highest BCUT2D eigenvalue weighted by molar-refractivity contribution is 6.93. The molecule has 0 bridgehead atoms. The third kappa shape index (κ3) is 1.98. The van der Waals surface area contributed by atoms with Crippen LogP contribution in [0.3, 0.4) is 0 Å². The molecule has 1 nitrogen and oxygen atoms in total. The van der Waals surface area contributed by atoms with E-state index >= 15 is 0 Å². The zero-order chi connectivity index (χ0) is 14.3. The second-order valence-electron chi connectivity index (χ2n) is 6.19. The van der Waals surface area contributed by atoms with Gasteiger partial charge in [-0.05, 0) is 24.6 Å². The van der Waals surface area contributed by atoms with Gasteiger partial charge in [0.05, 0.1) is 15.2 Å². The summed E-state index contributed by atoms with van der Waals surface area (Å²) in [5.41, 5.74) is 2.69. The average molecular weight is 272 g/mol. The number of benzene rings is 1. The summed E-state index contributed by atoms with van der Waals surface area (Å²) in [6.45, 7) is 11.6. The maximum atomic E-state index is 5.69. The van der Waals surface area contributed by atoms with E-state index in [9.17, 15) is 0 Å². The summed E-state index contributed by atoms with van der Waals surface area (Å²) >= 11 is 0. The fourth-order valence-electron chi connectivity index (χ4n) is 3.09. The minimum atomic E-state index is -1.71. The zero-order valence-electron chi connectivity index (χ0n) is 12.9. The summed E-state index contributed by atoms with van der Waals surface area (Å²) in [6, 6.07) is 6.54. The Morgan fingerprint density at radius 2 is 1.84 bits per heavy atom. The van der Waals surface area contributed by atoms with E-state index in [0.717, 1.165) is 5.75 Å². The number of methoxy groups -OCH3 is 1. The first kappa shape index (κ1) is 14.1. The Kier molecular flexibility index (Phi) is 3.48. The number of rotatable bonds is 3. The highest BCUT2D eigenvalue weighted by Crippen LogP contribution is 2.49. The molecule has 1 aliphatic carbocycles. The minimum Gasteiger partial charge on any atom is -0.497 e. The lowest BCUT2D eigenvalue weighted by Gasteiger charge is -2.41. The van der Waals surface area contributed by atoms with Gasteiger partial charge in [-0.1, -0.05) is 62.0 Å². The molecule has 0 amide bonds. The maximum absolute atomic E-state index is 5.69. The Labute approximate surface area is 118 Å². The maximum Gasteiger partial charge on any atom is 0.121 e. The Morgan fingerprint density at radius 1 is 1.16 bits per heavy atom. The van der Waals surface area contributed by atoms with Crippen LogP contribution in [0.2, 0.25) is 18.1 Å². The Bertz CT molecular complexity index is 554. The molecule has 0 saturated heterocycles. The van der Waals surface area contributed by atoms with Gasteiger partial charge in [0.1, 0.15) is 5.75 Å². The molecule has 19 heavy (non-hydrogen) atoms. The van der Waals surface area contributed by atoms with Gasteiger partial charge in [0.2, 0.25) is 0 Å². The summed E-state index contributed by atoms with van der Waals surface area (Å²) in [7, 11) is 0.0729.